The largest absolute Gasteiger partial charge is 0.350 e. The normalized spacial score (nSPS) is 34.2. The lowest BCUT2D eigenvalue weighted by Gasteiger charge is -2.01. The van der Waals surface area contributed by atoms with Gasteiger partial charge in [-0.05, 0) is 0 Å². The fraction of sp³-hybridized carbons (Fsp3) is 0.500. The minimum atomic E-state index is -0.0528. The first kappa shape index (κ1) is 6.86. The predicted molar refractivity (Wildman–Crippen MR) is 40.5 cm³/mol. The van der Waals surface area contributed by atoms with E-state index in [4.69, 9.17) is 4.74 Å². The van der Waals surface area contributed by atoms with E-state index in [1.54, 1.807) is 11.4 Å². The van der Waals surface area contributed by atoms with E-state index in [0.29, 0.717) is 0 Å². The summed E-state index contributed by atoms with van der Waals surface area (Å²) in [6.45, 7) is 4.42. The molecule has 1 heterocycles. The van der Waals surface area contributed by atoms with Gasteiger partial charge in [-0.1, -0.05) is 18.3 Å². The lowest BCUT2D eigenvalue weighted by molar-refractivity contribution is 0.113. The second kappa shape index (κ2) is 3.06. The van der Waals surface area contributed by atoms with Gasteiger partial charge in [0.15, 0.2) is 0 Å². The number of ether oxygens (including phenoxy) is 1. The number of rotatable bonds is 2. The molecule has 2 atom stereocenters. The molecule has 0 bridgehead atoms. The summed E-state index contributed by atoms with van der Waals surface area (Å²) in [5, 5.41) is 4.63. The molecule has 0 saturated carbocycles. The third-order valence-electron chi connectivity index (χ3n) is 1.23. The average molecular weight is 143 g/mol. The van der Waals surface area contributed by atoms with E-state index in [-0.39, 0.29) is 12.3 Å². The van der Waals surface area contributed by atoms with E-state index in [1.165, 1.54) is 0 Å². The summed E-state index contributed by atoms with van der Waals surface area (Å²) in [6.07, 6.45) is 1.85. The van der Waals surface area contributed by atoms with Crippen molar-refractivity contribution < 1.29 is 4.74 Å². The first-order valence-electron chi connectivity index (χ1n) is 2.83. The number of hydrogen-bond acceptors (Lipinski definition) is 3. The minimum absolute atomic E-state index is 0.0528. The van der Waals surface area contributed by atoms with E-state index in [9.17, 15) is 0 Å². The fourth-order valence-electron chi connectivity index (χ4n) is 0.736. The summed E-state index contributed by atoms with van der Waals surface area (Å²) in [5.41, 5.74) is 0. The molecule has 0 radical (unpaired) electrons. The fourth-order valence-corrected chi connectivity index (χ4v) is 0.896. The third-order valence-corrected chi connectivity index (χ3v) is 1.48. The third kappa shape index (κ3) is 1.58. The maximum atomic E-state index is 5.27. The maximum absolute atomic E-state index is 5.27. The van der Waals surface area contributed by atoms with Crippen LogP contribution in [0.3, 0.4) is 0 Å². The van der Waals surface area contributed by atoms with Gasteiger partial charge in [-0.3, -0.25) is 5.32 Å². The monoisotopic (exact) mass is 143 g/mol. The summed E-state index contributed by atoms with van der Waals surface area (Å²) < 4.78 is 5.27. The first-order chi connectivity index (χ1) is 4.36. The molecule has 2 nitrogen and oxygen atoms in total. The highest BCUT2D eigenvalue weighted by molar-refractivity contribution is 7.79. The lowest BCUT2D eigenvalue weighted by atomic mass is 10.4. The molecule has 1 fully saturated rings. The molecular weight excluding hydrogens is 134 g/mol. The van der Waals surface area contributed by atoms with Crippen LogP contribution in [0.15, 0.2) is 12.7 Å². The van der Waals surface area contributed by atoms with E-state index in [1.807, 2.05) is 0 Å². The molecule has 9 heavy (non-hydrogen) atoms. The molecule has 50 valence electrons. The Kier molecular flexibility index (Phi) is 2.33. The van der Waals surface area contributed by atoms with Crippen LogP contribution in [0, 0.1) is 0 Å². The van der Waals surface area contributed by atoms with Crippen LogP contribution in [0.1, 0.15) is 0 Å². The summed E-state index contributed by atoms with van der Waals surface area (Å²) in [6, 6.07) is 0. The Morgan fingerprint density at radius 1 is 1.78 bits per heavy atom. The Labute approximate surface area is 59.9 Å². The summed E-state index contributed by atoms with van der Waals surface area (Å²) in [4.78, 5) is 0. The van der Waals surface area contributed by atoms with Crippen LogP contribution in [0.25, 0.3) is 0 Å². The van der Waals surface area contributed by atoms with Crippen molar-refractivity contribution in [3.63, 3.8) is 0 Å². The molecule has 1 saturated heterocycles. The smallest absolute Gasteiger partial charge is 0.138 e. The summed E-state index contributed by atoms with van der Waals surface area (Å²) in [5.74, 6) is 0. The van der Waals surface area contributed by atoms with E-state index >= 15 is 0 Å². The van der Waals surface area contributed by atoms with Gasteiger partial charge >= 0.3 is 0 Å². The molecule has 0 amide bonds. The SMILES string of the molecule is C=CC1CNC(C=S)O1. The number of thiocarbonyl (C=S) groups is 1. The van der Waals surface area contributed by atoms with Crippen LogP contribution in [0.4, 0.5) is 0 Å². The van der Waals surface area contributed by atoms with Crippen LogP contribution < -0.4 is 5.32 Å². The highest BCUT2D eigenvalue weighted by atomic mass is 32.1. The Hall–Kier alpha value is -0.250. The summed E-state index contributed by atoms with van der Waals surface area (Å²) >= 11 is 4.67. The second-order valence-corrected chi connectivity index (χ2v) is 2.15. The van der Waals surface area contributed by atoms with Crippen molar-refractivity contribution in [3.8, 4) is 0 Å². The van der Waals surface area contributed by atoms with E-state index in [0.717, 1.165) is 6.54 Å². The number of hydrogen-bond donors (Lipinski definition) is 1. The van der Waals surface area contributed by atoms with E-state index in [2.05, 4.69) is 24.1 Å². The molecule has 0 aromatic carbocycles. The molecule has 1 aliphatic heterocycles. The van der Waals surface area contributed by atoms with Gasteiger partial charge in [0.2, 0.25) is 0 Å². The molecular formula is C6H9NOS. The Morgan fingerprint density at radius 2 is 2.56 bits per heavy atom. The zero-order valence-corrected chi connectivity index (χ0v) is 5.86. The molecule has 1 N–H and O–H groups in total. The average Bonchev–Trinajstić information content (AvgIpc) is 2.34. The van der Waals surface area contributed by atoms with Gasteiger partial charge in [-0.2, -0.15) is 0 Å². The Bertz CT molecular complexity index is 112. The van der Waals surface area contributed by atoms with Gasteiger partial charge in [-0.15, -0.1) is 6.58 Å². The van der Waals surface area contributed by atoms with Crippen LogP contribution in [0.5, 0.6) is 0 Å². The highest BCUT2D eigenvalue weighted by Crippen LogP contribution is 2.02. The van der Waals surface area contributed by atoms with Gasteiger partial charge in [0.1, 0.15) is 6.23 Å². The van der Waals surface area contributed by atoms with Crippen molar-refractivity contribution in [3.05, 3.63) is 12.7 Å². The molecule has 0 spiro atoms. The van der Waals surface area contributed by atoms with Crippen LogP contribution in [-0.2, 0) is 4.74 Å². The van der Waals surface area contributed by atoms with Gasteiger partial charge < -0.3 is 4.74 Å². The van der Waals surface area contributed by atoms with Crippen molar-refractivity contribution in [1.29, 1.82) is 0 Å². The zero-order valence-electron chi connectivity index (χ0n) is 5.04. The Balaban J connectivity index is 2.36. The van der Waals surface area contributed by atoms with Crippen LogP contribution in [-0.4, -0.2) is 24.2 Å². The van der Waals surface area contributed by atoms with Crippen molar-refractivity contribution in [2.75, 3.05) is 6.54 Å². The van der Waals surface area contributed by atoms with E-state index < -0.39 is 0 Å². The molecule has 0 aliphatic carbocycles. The van der Waals surface area contributed by atoms with Crippen molar-refractivity contribution >= 4 is 17.6 Å². The molecule has 0 aromatic rings. The molecule has 0 aromatic heterocycles. The van der Waals surface area contributed by atoms with Gasteiger partial charge in [0.05, 0.1) is 6.10 Å². The van der Waals surface area contributed by atoms with Crippen molar-refractivity contribution in [2.45, 2.75) is 12.3 Å². The zero-order chi connectivity index (χ0) is 6.69. The quantitative estimate of drug-likeness (QED) is 0.449. The topological polar surface area (TPSA) is 21.3 Å². The Morgan fingerprint density at radius 3 is 2.89 bits per heavy atom. The van der Waals surface area contributed by atoms with Gasteiger partial charge in [-0.25, -0.2) is 0 Å². The van der Waals surface area contributed by atoms with Crippen LogP contribution >= 0.6 is 12.2 Å². The van der Waals surface area contributed by atoms with Crippen molar-refractivity contribution in [2.24, 2.45) is 0 Å². The minimum Gasteiger partial charge on any atom is -0.350 e. The number of nitrogens with one attached hydrogen (secondary N) is 1. The predicted octanol–water partition coefficient (Wildman–Crippen LogP) is 0.487. The molecule has 1 rings (SSSR count). The molecule has 2 unspecified atom stereocenters. The standard InChI is InChI=1S/C6H9NOS/c1-2-5-3-7-6(4-9)8-5/h2,4-7H,1,3H2. The van der Waals surface area contributed by atoms with Gasteiger partial charge in [0.25, 0.3) is 0 Å². The maximum Gasteiger partial charge on any atom is 0.138 e. The molecule has 1 aliphatic rings. The van der Waals surface area contributed by atoms with Crippen LogP contribution in [0.2, 0.25) is 0 Å². The first-order valence-corrected chi connectivity index (χ1v) is 3.30. The summed E-state index contributed by atoms with van der Waals surface area (Å²) in [7, 11) is 0. The van der Waals surface area contributed by atoms with Crippen molar-refractivity contribution in [1.82, 2.24) is 5.32 Å². The van der Waals surface area contributed by atoms with Gasteiger partial charge in [0, 0.05) is 11.9 Å². The lowest BCUT2D eigenvalue weighted by Crippen LogP contribution is -2.22. The second-order valence-electron chi connectivity index (χ2n) is 1.88. The molecule has 3 heteroatoms. The highest BCUT2D eigenvalue weighted by Gasteiger charge is 2.18.